The lowest BCUT2D eigenvalue weighted by Gasteiger charge is -2.45. The molecule has 1 saturated carbocycles. The number of nitrogens with zero attached hydrogens (tertiary/aromatic N) is 1. The molecule has 26 heavy (non-hydrogen) atoms. The minimum Gasteiger partial charge on any atom is -0.558 e. The van der Waals surface area contributed by atoms with E-state index in [1.807, 2.05) is 0 Å². The first-order chi connectivity index (χ1) is 12.4. The molecule has 1 N–H and O–H groups in total. The second-order valence-electron chi connectivity index (χ2n) is 7.36. The molecule has 3 nitrogen and oxygen atoms in total. The van der Waals surface area contributed by atoms with Crippen LogP contribution in [0.4, 0.5) is 4.39 Å². The molecule has 1 fully saturated rings. The molecule has 149 valence electrons. The fraction of sp³-hybridized carbons (Fsp3) is 0.737. The molecule has 1 aromatic heterocycles. The molecule has 0 spiro atoms. The number of hydrogen-bond donors (Lipinski definition) is 1. The molecule has 1 atom stereocenters. The van der Waals surface area contributed by atoms with Crippen LogP contribution in [0.3, 0.4) is 0 Å². The van der Waals surface area contributed by atoms with E-state index in [1.165, 1.54) is 0 Å². The predicted molar refractivity (Wildman–Crippen MR) is 110 cm³/mol. The van der Waals surface area contributed by atoms with Crippen molar-refractivity contribution >= 4 is 31.5 Å². The highest BCUT2D eigenvalue weighted by molar-refractivity contribution is 6.73. The zero-order valence-electron chi connectivity index (χ0n) is 16.1. The molecule has 0 aromatic carbocycles. The molecule has 0 saturated heterocycles. The van der Waals surface area contributed by atoms with Gasteiger partial charge in [-0.2, -0.15) is 0 Å². The third-order valence-corrected chi connectivity index (χ3v) is 11.1. The Bertz CT molecular complexity index is 552. The van der Waals surface area contributed by atoms with E-state index in [2.05, 4.69) is 31.1 Å². The Morgan fingerprint density at radius 1 is 1.15 bits per heavy atom. The van der Waals surface area contributed by atoms with Crippen molar-refractivity contribution in [3.8, 4) is 0 Å². The average molecular weight is 421 g/mol. The quantitative estimate of drug-likeness (QED) is 0.449. The van der Waals surface area contributed by atoms with Crippen molar-refractivity contribution in [1.82, 2.24) is 10.3 Å². The third kappa shape index (κ3) is 5.41. The fourth-order valence-electron chi connectivity index (χ4n) is 3.85. The number of pyridine rings is 1. The van der Waals surface area contributed by atoms with Gasteiger partial charge < -0.3 is 9.74 Å². The van der Waals surface area contributed by atoms with Crippen LogP contribution in [0.15, 0.2) is 12.4 Å². The smallest absolute Gasteiger partial charge is 0.123 e. The van der Waals surface area contributed by atoms with Gasteiger partial charge in [-0.3, -0.25) is 4.98 Å². The summed E-state index contributed by atoms with van der Waals surface area (Å²) in [5, 5.41) is 4.31. The number of rotatable bonds is 10. The summed E-state index contributed by atoms with van der Waals surface area (Å²) in [6.45, 7) is 7.42. The van der Waals surface area contributed by atoms with Gasteiger partial charge in [0.05, 0.1) is 16.1 Å². The molecule has 0 bridgehead atoms. The van der Waals surface area contributed by atoms with E-state index in [9.17, 15) is 4.39 Å². The van der Waals surface area contributed by atoms with Gasteiger partial charge in [-0.1, -0.05) is 56.8 Å². The molecular weight excluding hydrogens is 390 g/mol. The van der Waals surface area contributed by atoms with E-state index < -0.39 is 14.0 Å². The molecule has 1 aromatic rings. The molecule has 0 aliphatic heterocycles. The molecule has 2 rings (SSSR count). The van der Waals surface area contributed by atoms with Crippen LogP contribution in [0.5, 0.6) is 0 Å². The number of alkyl halides is 1. The van der Waals surface area contributed by atoms with Crippen molar-refractivity contribution in [2.45, 2.75) is 76.4 Å². The maximum atomic E-state index is 14.7. The van der Waals surface area contributed by atoms with Crippen molar-refractivity contribution in [2.24, 2.45) is 0 Å². The monoisotopic (exact) mass is 420 g/mol. The van der Waals surface area contributed by atoms with Gasteiger partial charge in [0.25, 0.3) is 0 Å². The second-order valence-corrected chi connectivity index (χ2v) is 12.9. The van der Waals surface area contributed by atoms with E-state index in [4.69, 9.17) is 27.6 Å². The van der Waals surface area contributed by atoms with Gasteiger partial charge in [0.1, 0.15) is 5.67 Å². The maximum Gasteiger partial charge on any atom is 0.123 e. The minimum absolute atomic E-state index is 0.283. The van der Waals surface area contributed by atoms with Crippen LogP contribution in [0, 0.1) is 0 Å². The predicted octanol–water partition coefficient (Wildman–Crippen LogP) is 6.32. The Hall–Kier alpha value is -0.203. The summed E-state index contributed by atoms with van der Waals surface area (Å²) in [5.74, 6) is 0. The Labute approximate surface area is 168 Å². The van der Waals surface area contributed by atoms with Crippen LogP contribution >= 0.6 is 23.2 Å². The third-order valence-electron chi connectivity index (χ3n) is 5.81. The summed E-state index contributed by atoms with van der Waals surface area (Å²) in [4.78, 5) is 4.05. The second kappa shape index (κ2) is 9.83. The zero-order valence-corrected chi connectivity index (χ0v) is 18.6. The summed E-state index contributed by atoms with van der Waals surface area (Å²) in [6, 6.07) is 3.09. The topological polar surface area (TPSA) is 34.1 Å². The van der Waals surface area contributed by atoms with E-state index in [0.29, 0.717) is 36.0 Å². The molecule has 1 unspecified atom stereocenters. The van der Waals surface area contributed by atoms with Crippen molar-refractivity contribution in [3.05, 3.63) is 28.0 Å². The van der Waals surface area contributed by atoms with E-state index >= 15 is 0 Å². The van der Waals surface area contributed by atoms with Crippen LogP contribution in [0.25, 0.3) is 0 Å². The average Bonchev–Trinajstić information content (AvgIpc) is 3.06. The number of nitrogens with one attached hydrogen (secondary N) is 1. The maximum absolute atomic E-state index is 14.7. The van der Waals surface area contributed by atoms with Crippen LogP contribution in [0.1, 0.15) is 58.1 Å². The van der Waals surface area contributed by atoms with Crippen molar-refractivity contribution in [2.75, 3.05) is 13.1 Å². The van der Waals surface area contributed by atoms with Crippen molar-refractivity contribution in [3.63, 3.8) is 0 Å². The Kier molecular flexibility index (Phi) is 8.35. The summed E-state index contributed by atoms with van der Waals surface area (Å²) >= 11 is 12.8. The summed E-state index contributed by atoms with van der Waals surface area (Å²) in [7, 11) is -1.88. The van der Waals surface area contributed by atoms with E-state index in [0.717, 1.165) is 36.5 Å². The molecule has 1 heterocycles. The Morgan fingerprint density at radius 2 is 1.69 bits per heavy atom. The highest BCUT2D eigenvalue weighted by atomic mass is 35.5. The van der Waals surface area contributed by atoms with Gasteiger partial charge in [-0.25, -0.2) is 4.39 Å². The molecule has 1 aliphatic rings. The lowest BCUT2D eigenvalue weighted by molar-refractivity contribution is 0.146. The van der Waals surface area contributed by atoms with E-state index in [-0.39, 0.29) is 6.10 Å². The first kappa shape index (κ1) is 22.1. The van der Waals surface area contributed by atoms with Crippen LogP contribution in [-0.2, 0) is 4.43 Å². The lowest BCUT2D eigenvalue weighted by Crippen LogP contribution is -2.42. The summed E-state index contributed by atoms with van der Waals surface area (Å²) in [6.07, 6.45) is 6.13. The molecule has 0 amide bonds. The van der Waals surface area contributed by atoms with Crippen LogP contribution in [0.2, 0.25) is 28.2 Å². The number of halogens is 3. The summed E-state index contributed by atoms with van der Waals surface area (Å²) < 4.78 is 21.4. The Morgan fingerprint density at radius 3 is 2.19 bits per heavy atom. The minimum atomic E-state index is -1.88. The number of hydrogen-bond acceptors (Lipinski definition) is 3. The standard InChI is InChI=1S/C19H31Cl2FN2OSi/c1-4-26(5-2,6-3)25-17(18-15(20)11-23-12-16(18)21)13-24-14-19(22)9-7-8-10-19/h11-12,17,24H,4-10,13-14H2,1-3H3/q-1. The molecule has 0 radical (unpaired) electrons. The Balaban J connectivity index is 2.18. The van der Waals surface area contributed by atoms with Gasteiger partial charge in [0.2, 0.25) is 0 Å². The van der Waals surface area contributed by atoms with Crippen LogP contribution < -0.4 is 5.32 Å². The first-order valence-corrected chi connectivity index (χ1v) is 13.0. The van der Waals surface area contributed by atoms with Crippen molar-refractivity contribution < 1.29 is 8.82 Å². The fourth-order valence-corrected chi connectivity index (χ4v) is 7.26. The normalized spacial score (nSPS) is 18.2. The lowest BCUT2D eigenvalue weighted by atomic mass is 10.0. The highest BCUT2D eigenvalue weighted by Crippen LogP contribution is 2.37. The van der Waals surface area contributed by atoms with Gasteiger partial charge in [0, 0.05) is 31.0 Å². The van der Waals surface area contributed by atoms with Gasteiger partial charge in [0.15, 0.2) is 0 Å². The van der Waals surface area contributed by atoms with Crippen LogP contribution in [-0.4, -0.2) is 32.1 Å². The number of aromatic nitrogens is 1. The van der Waals surface area contributed by atoms with Gasteiger partial charge in [-0.05, 0) is 21.2 Å². The zero-order chi connectivity index (χ0) is 19.2. The molecular formula is C19H31Cl2FN2OSi-. The molecule has 7 heteroatoms. The van der Waals surface area contributed by atoms with Gasteiger partial charge in [-0.15, -0.1) is 18.1 Å². The SMILES string of the molecule is CC[Si-](CC)(CC)OC(CNCC1(F)CCCC1)c1c(Cl)cncc1Cl. The van der Waals surface area contributed by atoms with Gasteiger partial charge >= 0.3 is 0 Å². The first-order valence-electron chi connectivity index (χ1n) is 9.75. The van der Waals surface area contributed by atoms with E-state index in [1.54, 1.807) is 12.4 Å². The summed E-state index contributed by atoms with van der Waals surface area (Å²) in [5.41, 5.74) is -0.326. The largest absolute Gasteiger partial charge is 0.558 e. The highest BCUT2D eigenvalue weighted by Gasteiger charge is 2.33. The van der Waals surface area contributed by atoms with Crippen molar-refractivity contribution in [1.29, 1.82) is 0 Å². The molecule has 1 aliphatic carbocycles.